The number of aliphatic hydroxyl groups is 1. The van der Waals surface area contributed by atoms with Crippen LogP contribution < -0.4 is 10.1 Å². The van der Waals surface area contributed by atoms with Gasteiger partial charge in [-0.1, -0.05) is 13.8 Å². The summed E-state index contributed by atoms with van der Waals surface area (Å²) in [7, 11) is 1.56. The van der Waals surface area contributed by atoms with Crippen molar-refractivity contribution in [2.45, 2.75) is 20.3 Å². The number of benzene rings is 1. The number of carbonyl (C=O) groups is 1. The number of nitrogens with one attached hydrogen (secondary N) is 1. The highest BCUT2D eigenvalue weighted by Crippen LogP contribution is 2.23. The quantitative estimate of drug-likeness (QED) is 0.843. The Bertz CT molecular complexity index is 446. The number of hydrogen-bond donors (Lipinski definition) is 2. The monoisotopic (exact) mass is 329 g/mol. The standard InChI is InChI=1S/C14H20BrNO3/c1-14(2,6-7-17)9-16-13(18)11-8-10(19-3)4-5-12(11)15/h4-5,8,17H,6-7,9H2,1-3H3,(H,16,18). The van der Waals surface area contributed by atoms with Crippen LogP contribution in [0.3, 0.4) is 0 Å². The number of hydrogen-bond acceptors (Lipinski definition) is 3. The maximum atomic E-state index is 12.1. The van der Waals surface area contributed by atoms with Crippen molar-refractivity contribution < 1.29 is 14.6 Å². The number of methoxy groups -OCH3 is 1. The van der Waals surface area contributed by atoms with Crippen molar-refractivity contribution in [2.75, 3.05) is 20.3 Å². The Hall–Kier alpha value is -1.07. The molecule has 0 bridgehead atoms. The second-order valence-electron chi connectivity index (χ2n) is 5.17. The Kier molecular flexibility index (Phi) is 5.82. The summed E-state index contributed by atoms with van der Waals surface area (Å²) < 4.78 is 5.84. The van der Waals surface area contributed by atoms with E-state index in [9.17, 15) is 4.79 Å². The molecule has 0 aliphatic heterocycles. The van der Waals surface area contributed by atoms with Gasteiger partial charge in [0.05, 0.1) is 12.7 Å². The molecule has 0 heterocycles. The molecule has 0 unspecified atom stereocenters. The van der Waals surface area contributed by atoms with Crippen LogP contribution in [-0.4, -0.2) is 31.3 Å². The third-order valence-corrected chi connectivity index (χ3v) is 3.63. The SMILES string of the molecule is COc1ccc(Br)c(C(=O)NCC(C)(C)CCO)c1. The zero-order valence-corrected chi connectivity index (χ0v) is 13.1. The van der Waals surface area contributed by atoms with E-state index in [1.54, 1.807) is 25.3 Å². The van der Waals surface area contributed by atoms with E-state index >= 15 is 0 Å². The van der Waals surface area contributed by atoms with Crippen LogP contribution in [0.15, 0.2) is 22.7 Å². The molecule has 0 radical (unpaired) electrons. The Balaban J connectivity index is 2.73. The average molecular weight is 330 g/mol. The predicted octanol–water partition coefficient (Wildman–Crippen LogP) is 2.60. The van der Waals surface area contributed by atoms with E-state index in [0.29, 0.717) is 24.3 Å². The lowest BCUT2D eigenvalue weighted by atomic mass is 9.89. The summed E-state index contributed by atoms with van der Waals surface area (Å²) in [6.45, 7) is 4.63. The van der Waals surface area contributed by atoms with Crippen LogP contribution in [0.1, 0.15) is 30.6 Å². The molecule has 1 aromatic rings. The van der Waals surface area contributed by atoms with E-state index in [1.807, 2.05) is 13.8 Å². The zero-order chi connectivity index (χ0) is 14.5. The highest BCUT2D eigenvalue weighted by Gasteiger charge is 2.19. The fraction of sp³-hybridized carbons (Fsp3) is 0.500. The van der Waals surface area contributed by atoms with E-state index < -0.39 is 0 Å². The fourth-order valence-corrected chi connectivity index (χ4v) is 2.04. The molecule has 106 valence electrons. The molecule has 0 aromatic heterocycles. The van der Waals surface area contributed by atoms with Crippen molar-refractivity contribution in [3.05, 3.63) is 28.2 Å². The van der Waals surface area contributed by atoms with Gasteiger partial charge in [0.25, 0.3) is 5.91 Å². The second-order valence-corrected chi connectivity index (χ2v) is 6.02. The zero-order valence-electron chi connectivity index (χ0n) is 11.5. The largest absolute Gasteiger partial charge is 0.497 e. The summed E-state index contributed by atoms with van der Waals surface area (Å²) in [4.78, 5) is 12.1. The van der Waals surface area contributed by atoms with Crippen LogP contribution in [0, 0.1) is 5.41 Å². The molecule has 4 nitrogen and oxygen atoms in total. The lowest BCUT2D eigenvalue weighted by Crippen LogP contribution is -2.34. The molecule has 5 heteroatoms. The predicted molar refractivity (Wildman–Crippen MR) is 78.5 cm³/mol. The number of carbonyl (C=O) groups excluding carboxylic acids is 1. The van der Waals surface area contributed by atoms with Crippen molar-refractivity contribution in [3.63, 3.8) is 0 Å². The molecular weight excluding hydrogens is 310 g/mol. The van der Waals surface area contributed by atoms with E-state index in [1.165, 1.54) is 0 Å². The Labute approximate surface area is 122 Å². The van der Waals surface area contributed by atoms with Crippen LogP contribution in [0.5, 0.6) is 5.75 Å². The molecule has 0 fully saturated rings. The van der Waals surface area contributed by atoms with E-state index in [-0.39, 0.29) is 17.9 Å². The molecule has 0 aliphatic rings. The Morgan fingerprint density at radius 3 is 2.74 bits per heavy atom. The third kappa shape index (κ3) is 4.84. The summed E-state index contributed by atoms with van der Waals surface area (Å²) in [5, 5.41) is 11.8. The summed E-state index contributed by atoms with van der Waals surface area (Å²) in [6, 6.07) is 5.27. The van der Waals surface area contributed by atoms with Gasteiger partial charge < -0.3 is 15.2 Å². The highest BCUT2D eigenvalue weighted by molar-refractivity contribution is 9.10. The minimum Gasteiger partial charge on any atom is -0.497 e. The van der Waals surface area contributed by atoms with Gasteiger partial charge in [0.2, 0.25) is 0 Å². The highest BCUT2D eigenvalue weighted by atomic mass is 79.9. The first-order valence-electron chi connectivity index (χ1n) is 6.12. The first-order chi connectivity index (χ1) is 8.89. The average Bonchev–Trinajstić information content (AvgIpc) is 2.36. The van der Waals surface area contributed by atoms with Crippen molar-refractivity contribution in [2.24, 2.45) is 5.41 Å². The van der Waals surface area contributed by atoms with Gasteiger partial charge >= 0.3 is 0 Å². The van der Waals surface area contributed by atoms with Crippen molar-refractivity contribution in [3.8, 4) is 5.75 Å². The minimum atomic E-state index is -0.156. The second kappa shape index (κ2) is 6.91. The van der Waals surface area contributed by atoms with E-state index in [4.69, 9.17) is 9.84 Å². The molecule has 0 spiro atoms. The Morgan fingerprint density at radius 1 is 1.47 bits per heavy atom. The number of ether oxygens (including phenoxy) is 1. The van der Waals surface area contributed by atoms with Crippen LogP contribution >= 0.6 is 15.9 Å². The summed E-state index contributed by atoms with van der Waals surface area (Å²) in [6.07, 6.45) is 0.645. The molecule has 1 rings (SSSR count). The molecule has 19 heavy (non-hydrogen) atoms. The maximum Gasteiger partial charge on any atom is 0.252 e. The van der Waals surface area contributed by atoms with Gasteiger partial charge in [0.15, 0.2) is 0 Å². The number of amides is 1. The van der Waals surface area contributed by atoms with Gasteiger partial charge in [0.1, 0.15) is 5.75 Å². The molecule has 0 aliphatic carbocycles. The first-order valence-corrected chi connectivity index (χ1v) is 6.91. The number of aliphatic hydroxyl groups excluding tert-OH is 1. The molecule has 0 saturated carbocycles. The summed E-state index contributed by atoms with van der Waals surface area (Å²) >= 11 is 3.36. The van der Waals surface area contributed by atoms with Gasteiger partial charge in [-0.3, -0.25) is 4.79 Å². The van der Waals surface area contributed by atoms with Gasteiger partial charge in [-0.25, -0.2) is 0 Å². The van der Waals surface area contributed by atoms with Crippen molar-refractivity contribution in [1.29, 1.82) is 0 Å². The Morgan fingerprint density at radius 2 is 2.16 bits per heavy atom. The lowest BCUT2D eigenvalue weighted by Gasteiger charge is -2.24. The van der Waals surface area contributed by atoms with Crippen LogP contribution in [0.4, 0.5) is 0 Å². The topological polar surface area (TPSA) is 58.6 Å². The van der Waals surface area contributed by atoms with Crippen molar-refractivity contribution >= 4 is 21.8 Å². The van der Waals surface area contributed by atoms with Gasteiger partial charge in [-0.15, -0.1) is 0 Å². The van der Waals surface area contributed by atoms with E-state index in [0.717, 1.165) is 4.47 Å². The van der Waals surface area contributed by atoms with Gasteiger partial charge in [-0.05, 0) is 46.0 Å². The fourth-order valence-electron chi connectivity index (χ4n) is 1.61. The molecule has 2 N–H and O–H groups in total. The van der Waals surface area contributed by atoms with Crippen LogP contribution in [0.25, 0.3) is 0 Å². The summed E-state index contributed by atoms with van der Waals surface area (Å²) in [5.41, 5.74) is 0.412. The minimum absolute atomic E-state index is 0.117. The normalized spacial score (nSPS) is 11.2. The van der Waals surface area contributed by atoms with E-state index in [2.05, 4.69) is 21.2 Å². The first kappa shape index (κ1) is 16.0. The van der Waals surface area contributed by atoms with Crippen molar-refractivity contribution in [1.82, 2.24) is 5.32 Å². The van der Waals surface area contributed by atoms with Gasteiger partial charge in [-0.2, -0.15) is 0 Å². The third-order valence-electron chi connectivity index (χ3n) is 2.93. The molecular formula is C14H20BrNO3. The number of rotatable bonds is 6. The summed E-state index contributed by atoms with van der Waals surface area (Å²) in [5.74, 6) is 0.486. The molecule has 0 saturated heterocycles. The van der Waals surface area contributed by atoms with Crippen LogP contribution in [-0.2, 0) is 0 Å². The molecule has 1 aromatic carbocycles. The molecule has 1 amide bonds. The molecule has 0 atom stereocenters. The number of halogens is 1. The lowest BCUT2D eigenvalue weighted by molar-refractivity contribution is 0.0927. The smallest absolute Gasteiger partial charge is 0.252 e. The van der Waals surface area contributed by atoms with Crippen LogP contribution in [0.2, 0.25) is 0 Å². The van der Waals surface area contributed by atoms with Gasteiger partial charge in [0, 0.05) is 17.6 Å². The maximum absolute atomic E-state index is 12.1.